The van der Waals surface area contributed by atoms with Crippen LogP contribution in [0.1, 0.15) is 32.4 Å². The molecule has 1 saturated heterocycles. The monoisotopic (exact) mass is 456 g/mol. The maximum Gasteiger partial charge on any atom is 0.416 e. The first kappa shape index (κ1) is 22.0. The number of amides is 2. The Kier molecular flexibility index (Phi) is 5.97. The summed E-state index contributed by atoms with van der Waals surface area (Å²) in [5.41, 5.74) is 2.31. The van der Waals surface area contributed by atoms with E-state index in [1.165, 1.54) is 23.9 Å². The lowest BCUT2D eigenvalue weighted by Gasteiger charge is -2.24. The van der Waals surface area contributed by atoms with Gasteiger partial charge >= 0.3 is 6.18 Å². The van der Waals surface area contributed by atoms with Gasteiger partial charge in [-0.05, 0) is 55.0 Å². The van der Waals surface area contributed by atoms with Crippen LogP contribution in [0.5, 0.6) is 0 Å². The van der Waals surface area contributed by atoms with Crippen molar-refractivity contribution in [3.8, 4) is 0 Å². The Morgan fingerprint density at radius 3 is 2.38 bits per heavy atom. The lowest BCUT2D eigenvalue weighted by Crippen LogP contribution is -2.27. The molecule has 164 valence electrons. The highest BCUT2D eigenvalue weighted by atomic mass is 32.2. The van der Waals surface area contributed by atoms with Gasteiger partial charge in [0.1, 0.15) is 5.37 Å². The van der Waals surface area contributed by atoms with Crippen LogP contribution in [0.4, 0.5) is 24.5 Å². The summed E-state index contributed by atoms with van der Waals surface area (Å²) in [5.74, 6) is -0.242. The zero-order chi connectivity index (χ0) is 22.9. The molecule has 0 bridgehead atoms. The number of carbonyl (C=O) groups is 2. The third kappa shape index (κ3) is 4.65. The van der Waals surface area contributed by atoms with Crippen LogP contribution in [0.3, 0.4) is 0 Å². The van der Waals surface area contributed by atoms with Crippen LogP contribution in [-0.2, 0) is 11.0 Å². The Morgan fingerprint density at radius 2 is 1.72 bits per heavy atom. The topological polar surface area (TPSA) is 49.4 Å². The summed E-state index contributed by atoms with van der Waals surface area (Å²) in [6, 6.07) is 19.0. The molecule has 1 unspecified atom stereocenters. The molecule has 32 heavy (non-hydrogen) atoms. The standard InChI is InChI=1S/C24H19F3N2O2S/c1-15-5-11-20(12-6-15)29-21(30)14-32-23(29)16-7-9-19(10-8-16)28-22(31)17-3-2-4-18(13-17)24(25,26)27/h2-13,23H,14H2,1H3,(H,28,31). The fourth-order valence-electron chi connectivity index (χ4n) is 3.43. The molecule has 1 aliphatic heterocycles. The molecule has 0 spiro atoms. The number of hydrogen-bond acceptors (Lipinski definition) is 3. The van der Waals surface area contributed by atoms with Crippen molar-refractivity contribution in [1.29, 1.82) is 0 Å². The van der Waals surface area contributed by atoms with Crippen molar-refractivity contribution < 1.29 is 22.8 Å². The van der Waals surface area contributed by atoms with E-state index >= 15 is 0 Å². The minimum atomic E-state index is -4.52. The van der Waals surface area contributed by atoms with Crippen molar-refractivity contribution in [1.82, 2.24) is 0 Å². The van der Waals surface area contributed by atoms with Gasteiger partial charge in [-0.25, -0.2) is 0 Å². The van der Waals surface area contributed by atoms with Crippen LogP contribution in [0.25, 0.3) is 0 Å². The summed E-state index contributed by atoms with van der Waals surface area (Å²) >= 11 is 1.51. The van der Waals surface area contributed by atoms with E-state index in [2.05, 4.69) is 5.32 Å². The number of nitrogens with zero attached hydrogens (tertiary/aromatic N) is 1. The molecule has 0 aromatic heterocycles. The molecule has 3 aromatic rings. The van der Waals surface area contributed by atoms with Crippen molar-refractivity contribution >= 4 is 35.0 Å². The van der Waals surface area contributed by atoms with Gasteiger partial charge in [-0.1, -0.05) is 35.9 Å². The third-order valence-electron chi connectivity index (χ3n) is 5.09. The first-order chi connectivity index (χ1) is 15.2. The van der Waals surface area contributed by atoms with E-state index in [1.807, 2.05) is 31.2 Å². The molecule has 8 heteroatoms. The van der Waals surface area contributed by atoms with Crippen molar-refractivity contribution in [2.45, 2.75) is 18.5 Å². The molecule has 2 amide bonds. The van der Waals surface area contributed by atoms with Crippen molar-refractivity contribution in [2.24, 2.45) is 0 Å². The summed E-state index contributed by atoms with van der Waals surface area (Å²) in [6.45, 7) is 1.98. The Hall–Kier alpha value is -3.26. The average molecular weight is 456 g/mol. The average Bonchev–Trinajstić information content (AvgIpc) is 3.16. The number of halogens is 3. The van der Waals surface area contributed by atoms with E-state index in [4.69, 9.17) is 0 Å². The highest BCUT2D eigenvalue weighted by Crippen LogP contribution is 2.42. The highest BCUT2D eigenvalue weighted by Gasteiger charge is 2.34. The van der Waals surface area contributed by atoms with Crippen LogP contribution < -0.4 is 10.2 Å². The molecule has 0 saturated carbocycles. The molecule has 4 nitrogen and oxygen atoms in total. The number of alkyl halides is 3. The highest BCUT2D eigenvalue weighted by molar-refractivity contribution is 8.00. The quantitative estimate of drug-likeness (QED) is 0.520. The fourth-order valence-corrected chi connectivity index (χ4v) is 4.60. The largest absolute Gasteiger partial charge is 0.416 e. The SMILES string of the molecule is Cc1ccc(N2C(=O)CSC2c2ccc(NC(=O)c3cccc(C(F)(F)F)c3)cc2)cc1. The summed E-state index contributed by atoms with van der Waals surface area (Å²) in [6.07, 6.45) is -4.52. The minimum Gasteiger partial charge on any atom is -0.322 e. The van der Waals surface area contributed by atoms with Gasteiger partial charge in [-0.2, -0.15) is 13.2 Å². The van der Waals surface area contributed by atoms with Gasteiger partial charge in [0.25, 0.3) is 5.91 Å². The first-order valence-corrected chi connectivity index (χ1v) is 10.9. The number of hydrogen-bond donors (Lipinski definition) is 1. The molecule has 1 fully saturated rings. The van der Waals surface area contributed by atoms with Gasteiger partial charge in [0.05, 0.1) is 11.3 Å². The van der Waals surface area contributed by atoms with Gasteiger partial charge < -0.3 is 5.32 Å². The van der Waals surface area contributed by atoms with Crippen LogP contribution in [0.2, 0.25) is 0 Å². The minimum absolute atomic E-state index is 0.0192. The number of anilines is 2. The Morgan fingerprint density at radius 1 is 1.03 bits per heavy atom. The van der Waals surface area contributed by atoms with Gasteiger partial charge in [-0.15, -0.1) is 11.8 Å². The third-order valence-corrected chi connectivity index (χ3v) is 6.30. The molecule has 1 atom stereocenters. The van der Waals surface area contributed by atoms with Gasteiger partial charge in [-0.3, -0.25) is 14.5 Å². The zero-order valence-corrected chi connectivity index (χ0v) is 17.8. The summed E-state index contributed by atoms with van der Waals surface area (Å²) in [5, 5.41) is 2.42. The first-order valence-electron chi connectivity index (χ1n) is 9.81. The van der Waals surface area contributed by atoms with E-state index in [-0.39, 0.29) is 16.8 Å². The second-order valence-electron chi connectivity index (χ2n) is 7.42. The molecule has 0 radical (unpaired) electrons. The lowest BCUT2D eigenvalue weighted by atomic mass is 10.1. The van der Waals surface area contributed by atoms with Gasteiger partial charge in [0.2, 0.25) is 5.91 Å². The van der Waals surface area contributed by atoms with Crippen molar-refractivity contribution in [3.63, 3.8) is 0 Å². The van der Waals surface area contributed by atoms with Gasteiger partial charge in [0, 0.05) is 16.9 Å². The number of aryl methyl sites for hydroxylation is 1. The van der Waals surface area contributed by atoms with Crippen molar-refractivity contribution in [3.05, 3.63) is 95.1 Å². The van der Waals surface area contributed by atoms with E-state index in [1.54, 1.807) is 29.2 Å². The van der Waals surface area contributed by atoms with Crippen LogP contribution in [-0.4, -0.2) is 17.6 Å². The Labute approximate surface area is 187 Å². The Balaban J connectivity index is 1.50. The Bertz CT molecular complexity index is 1150. The molecule has 1 N–H and O–H groups in total. The fraction of sp³-hybridized carbons (Fsp3) is 0.167. The smallest absolute Gasteiger partial charge is 0.322 e. The van der Waals surface area contributed by atoms with E-state index in [9.17, 15) is 22.8 Å². The summed E-state index contributed by atoms with van der Waals surface area (Å²) in [7, 11) is 0. The van der Waals surface area contributed by atoms with E-state index in [0.717, 1.165) is 28.9 Å². The van der Waals surface area contributed by atoms with Gasteiger partial charge in [0.15, 0.2) is 0 Å². The second-order valence-corrected chi connectivity index (χ2v) is 8.49. The maximum atomic E-state index is 12.9. The van der Waals surface area contributed by atoms with Crippen LogP contribution in [0, 0.1) is 6.92 Å². The number of benzene rings is 3. The van der Waals surface area contributed by atoms with E-state index < -0.39 is 17.6 Å². The normalized spacial score (nSPS) is 16.3. The second kappa shape index (κ2) is 8.70. The lowest BCUT2D eigenvalue weighted by molar-refractivity contribution is -0.137. The number of carbonyl (C=O) groups excluding carboxylic acids is 2. The number of nitrogens with one attached hydrogen (secondary N) is 1. The molecular formula is C24H19F3N2O2S. The molecule has 0 aliphatic carbocycles. The number of thioether (sulfide) groups is 1. The zero-order valence-electron chi connectivity index (χ0n) is 17.0. The van der Waals surface area contributed by atoms with Crippen LogP contribution in [0.15, 0.2) is 72.8 Å². The molecule has 4 rings (SSSR count). The summed E-state index contributed by atoms with van der Waals surface area (Å²) < 4.78 is 38.7. The maximum absolute atomic E-state index is 12.9. The van der Waals surface area contributed by atoms with Crippen LogP contribution >= 0.6 is 11.8 Å². The predicted octanol–water partition coefficient (Wildman–Crippen LogP) is 6.04. The van der Waals surface area contributed by atoms with Crippen molar-refractivity contribution in [2.75, 3.05) is 16.0 Å². The molecular weight excluding hydrogens is 437 g/mol. The molecule has 3 aromatic carbocycles. The number of rotatable bonds is 4. The predicted molar refractivity (Wildman–Crippen MR) is 120 cm³/mol. The van der Waals surface area contributed by atoms with E-state index in [0.29, 0.717) is 11.4 Å². The summed E-state index contributed by atoms with van der Waals surface area (Å²) in [4.78, 5) is 26.6. The molecule has 1 heterocycles. The molecule has 1 aliphatic rings.